The Morgan fingerprint density at radius 2 is 2.42 bits per heavy atom. The van der Waals surface area contributed by atoms with Crippen molar-refractivity contribution >= 4 is 0 Å². The zero-order chi connectivity index (χ0) is 8.55. The molecule has 4 nitrogen and oxygen atoms in total. The standard InChI is InChI=1S/C8H8N2O2/c1-10-5-7(11)9-8(10)6-3-2-4-12-6/h2-5,11H,1H3. The van der Waals surface area contributed by atoms with Gasteiger partial charge in [0.15, 0.2) is 11.6 Å². The van der Waals surface area contributed by atoms with Crippen LogP contribution in [0.3, 0.4) is 0 Å². The van der Waals surface area contributed by atoms with Gasteiger partial charge in [-0.3, -0.25) is 0 Å². The monoisotopic (exact) mass is 164 g/mol. The van der Waals surface area contributed by atoms with Crippen LogP contribution in [0.2, 0.25) is 0 Å². The molecule has 0 aliphatic heterocycles. The van der Waals surface area contributed by atoms with Crippen LogP contribution in [0.5, 0.6) is 5.88 Å². The van der Waals surface area contributed by atoms with E-state index in [4.69, 9.17) is 9.52 Å². The molecule has 0 saturated carbocycles. The highest BCUT2D eigenvalue weighted by Crippen LogP contribution is 2.20. The second-order valence-corrected chi connectivity index (χ2v) is 2.51. The molecule has 2 aromatic heterocycles. The smallest absolute Gasteiger partial charge is 0.229 e. The molecule has 0 atom stereocenters. The maximum absolute atomic E-state index is 9.06. The lowest BCUT2D eigenvalue weighted by atomic mass is 10.4. The average molecular weight is 164 g/mol. The molecule has 4 heteroatoms. The molecule has 0 radical (unpaired) electrons. The van der Waals surface area contributed by atoms with Crippen molar-refractivity contribution in [3.05, 3.63) is 24.6 Å². The second-order valence-electron chi connectivity index (χ2n) is 2.51. The number of furan rings is 1. The highest BCUT2D eigenvalue weighted by Gasteiger charge is 2.08. The first kappa shape index (κ1) is 6.97. The fourth-order valence-corrected chi connectivity index (χ4v) is 1.09. The van der Waals surface area contributed by atoms with Gasteiger partial charge in [-0.15, -0.1) is 0 Å². The van der Waals surface area contributed by atoms with Crippen molar-refractivity contribution in [2.45, 2.75) is 0 Å². The normalized spacial score (nSPS) is 10.4. The van der Waals surface area contributed by atoms with Crippen LogP contribution in [0.1, 0.15) is 0 Å². The van der Waals surface area contributed by atoms with Gasteiger partial charge in [0, 0.05) is 7.05 Å². The lowest BCUT2D eigenvalue weighted by Gasteiger charge is -1.93. The first-order chi connectivity index (χ1) is 5.77. The van der Waals surface area contributed by atoms with E-state index in [1.165, 1.54) is 6.20 Å². The summed E-state index contributed by atoms with van der Waals surface area (Å²) in [7, 11) is 1.80. The van der Waals surface area contributed by atoms with Crippen molar-refractivity contribution in [1.82, 2.24) is 9.55 Å². The van der Waals surface area contributed by atoms with Gasteiger partial charge < -0.3 is 14.1 Å². The van der Waals surface area contributed by atoms with Gasteiger partial charge in [-0.25, -0.2) is 0 Å². The number of hydrogen-bond donors (Lipinski definition) is 1. The number of aryl methyl sites for hydroxylation is 1. The van der Waals surface area contributed by atoms with Gasteiger partial charge in [0.25, 0.3) is 0 Å². The molecule has 0 fully saturated rings. The molecule has 2 rings (SSSR count). The summed E-state index contributed by atoms with van der Waals surface area (Å²) in [6.07, 6.45) is 3.10. The van der Waals surface area contributed by atoms with Crippen LogP contribution in [0.25, 0.3) is 11.6 Å². The fourth-order valence-electron chi connectivity index (χ4n) is 1.09. The van der Waals surface area contributed by atoms with Gasteiger partial charge in [-0.2, -0.15) is 4.98 Å². The highest BCUT2D eigenvalue weighted by atomic mass is 16.3. The number of nitrogens with zero attached hydrogens (tertiary/aromatic N) is 2. The molecule has 12 heavy (non-hydrogen) atoms. The molecule has 2 heterocycles. The highest BCUT2D eigenvalue weighted by molar-refractivity contribution is 5.48. The fraction of sp³-hybridized carbons (Fsp3) is 0.125. The Morgan fingerprint density at radius 3 is 2.92 bits per heavy atom. The van der Waals surface area contributed by atoms with Crippen LogP contribution in [0.4, 0.5) is 0 Å². The van der Waals surface area contributed by atoms with E-state index in [9.17, 15) is 0 Å². The molecule has 0 aliphatic carbocycles. The SMILES string of the molecule is Cn1cc(O)nc1-c1ccco1. The number of aromatic nitrogens is 2. The minimum atomic E-state index is 0.00361. The van der Waals surface area contributed by atoms with Crippen LogP contribution in [0, 0.1) is 0 Å². The van der Waals surface area contributed by atoms with E-state index in [1.807, 2.05) is 0 Å². The zero-order valence-corrected chi connectivity index (χ0v) is 6.56. The molecule has 0 bridgehead atoms. The van der Waals surface area contributed by atoms with Crippen molar-refractivity contribution in [1.29, 1.82) is 0 Å². The first-order valence-corrected chi connectivity index (χ1v) is 3.53. The summed E-state index contributed by atoms with van der Waals surface area (Å²) >= 11 is 0. The van der Waals surface area contributed by atoms with E-state index in [-0.39, 0.29) is 5.88 Å². The van der Waals surface area contributed by atoms with Crippen molar-refractivity contribution < 1.29 is 9.52 Å². The van der Waals surface area contributed by atoms with Crippen LogP contribution >= 0.6 is 0 Å². The average Bonchev–Trinajstić information content (AvgIpc) is 2.58. The minimum absolute atomic E-state index is 0.00361. The maximum Gasteiger partial charge on any atom is 0.229 e. The van der Waals surface area contributed by atoms with Gasteiger partial charge >= 0.3 is 0 Å². The van der Waals surface area contributed by atoms with Crippen LogP contribution < -0.4 is 0 Å². The third-order valence-electron chi connectivity index (χ3n) is 1.61. The van der Waals surface area contributed by atoms with Gasteiger partial charge in [-0.1, -0.05) is 0 Å². The van der Waals surface area contributed by atoms with Crippen molar-refractivity contribution in [2.24, 2.45) is 7.05 Å². The molecule has 0 saturated heterocycles. The number of aromatic hydroxyl groups is 1. The van der Waals surface area contributed by atoms with Crippen molar-refractivity contribution in [3.8, 4) is 17.5 Å². The predicted molar refractivity (Wildman–Crippen MR) is 42.6 cm³/mol. The van der Waals surface area contributed by atoms with Gasteiger partial charge in [0.2, 0.25) is 5.88 Å². The number of hydrogen-bond acceptors (Lipinski definition) is 3. The van der Waals surface area contributed by atoms with E-state index in [0.29, 0.717) is 11.6 Å². The van der Waals surface area contributed by atoms with Gasteiger partial charge in [0.05, 0.1) is 12.5 Å². The largest absolute Gasteiger partial charge is 0.492 e. The Labute approximate surface area is 69.1 Å². The molecule has 0 aromatic carbocycles. The lowest BCUT2D eigenvalue weighted by Crippen LogP contribution is -1.88. The van der Waals surface area contributed by atoms with Crippen molar-refractivity contribution in [3.63, 3.8) is 0 Å². The zero-order valence-electron chi connectivity index (χ0n) is 6.56. The molecule has 0 amide bonds. The van der Waals surface area contributed by atoms with Crippen LogP contribution in [-0.2, 0) is 7.05 Å². The molecule has 0 unspecified atom stereocenters. The molecular formula is C8H8N2O2. The van der Waals surface area contributed by atoms with Gasteiger partial charge in [0.1, 0.15) is 0 Å². The molecule has 0 spiro atoms. The minimum Gasteiger partial charge on any atom is -0.492 e. The summed E-state index contributed by atoms with van der Waals surface area (Å²) in [4.78, 5) is 3.88. The molecule has 2 aromatic rings. The Morgan fingerprint density at radius 1 is 1.58 bits per heavy atom. The second kappa shape index (κ2) is 2.41. The Hall–Kier alpha value is -1.71. The Bertz CT molecular complexity index is 376. The van der Waals surface area contributed by atoms with E-state index in [2.05, 4.69) is 4.98 Å². The Kier molecular flexibility index (Phi) is 1.40. The molecular weight excluding hydrogens is 156 g/mol. The Balaban J connectivity index is 2.54. The topological polar surface area (TPSA) is 51.2 Å². The molecule has 62 valence electrons. The van der Waals surface area contributed by atoms with Crippen LogP contribution in [0.15, 0.2) is 29.0 Å². The summed E-state index contributed by atoms with van der Waals surface area (Å²) < 4.78 is 6.82. The lowest BCUT2D eigenvalue weighted by molar-refractivity contribution is 0.455. The van der Waals surface area contributed by atoms with E-state index in [0.717, 1.165) is 0 Å². The van der Waals surface area contributed by atoms with Gasteiger partial charge in [-0.05, 0) is 12.1 Å². The van der Waals surface area contributed by atoms with E-state index in [1.54, 1.807) is 30.0 Å². The summed E-state index contributed by atoms with van der Waals surface area (Å²) in [5.74, 6) is 1.28. The third kappa shape index (κ3) is 0.972. The third-order valence-corrected chi connectivity index (χ3v) is 1.61. The summed E-state index contributed by atoms with van der Waals surface area (Å²) in [5, 5.41) is 9.06. The number of rotatable bonds is 1. The van der Waals surface area contributed by atoms with E-state index < -0.39 is 0 Å². The van der Waals surface area contributed by atoms with E-state index >= 15 is 0 Å². The summed E-state index contributed by atoms with van der Waals surface area (Å²) in [5.41, 5.74) is 0. The number of imidazole rings is 1. The first-order valence-electron chi connectivity index (χ1n) is 3.53. The predicted octanol–water partition coefficient (Wildman–Crippen LogP) is 1.39. The van der Waals surface area contributed by atoms with Crippen molar-refractivity contribution in [2.75, 3.05) is 0 Å². The quantitative estimate of drug-likeness (QED) is 0.692. The summed E-state index contributed by atoms with van der Waals surface area (Å²) in [6.45, 7) is 0. The molecule has 1 N–H and O–H groups in total. The molecule has 0 aliphatic rings. The maximum atomic E-state index is 9.06. The van der Waals surface area contributed by atoms with Crippen LogP contribution in [-0.4, -0.2) is 14.7 Å². The summed E-state index contributed by atoms with van der Waals surface area (Å²) in [6, 6.07) is 3.57.